The molecular weight excluding hydrogens is 337 g/mol. The zero-order valence-electron chi connectivity index (χ0n) is 13.5. The maximum absolute atomic E-state index is 12.2. The molecule has 2 unspecified atom stereocenters. The maximum atomic E-state index is 12.2. The molecule has 4 nitrogen and oxygen atoms in total. The molecule has 0 aliphatic carbocycles. The Kier molecular flexibility index (Phi) is 8.59. The molecule has 23 heavy (non-hydrogen) atoms. The molecule has 0 saturated heterocycles. The van der Waals surface area contributed by atoms with E-state index in [1.165, 1.54) is 0 Å². The van der Waals surface area contributed by atoms with Crippen LogP contribution in [0, 0.1) is 0 Å². The lowest BCUT2D eigenvalue weighted by atomic mass is 10.0. The summed E-state index contributed by atoms with van der Waals surface area (Å²) in [4.78, 5) is 24.1. The van der Waals surface area contributed by atoms with Crippen LogP contribution < -0.4 is 5.73 Å². The molecule has 2 atom stereocenters. The highest BCUT2D eigenvalue weighted by molar-refractivity contribution is 6.39. The first-order chi connectivity index (χ1) is 10.8. The molecule has 0 aliphatic rings. The Hall–Kier alpha value is -1.10. The third-order valence-electron chi connectivity index (χ3n) is 3.41. The lowest BCUT2D eigenvalue weighted by molar-refractivity contribution is -0.148. The molecule has 0 amide bonds. The number of Topliss-reactive ketones (excluding diaryl/α,β-unsaturated/α-hetero) is 1. The summed E-state index contributed by atoms with van der Waals surface area (Å²) in [7, 11) is 0. The van der Waals surface area contributed by atoms with Crippen LogP contribution in [0.1, 0.15) is 56.3 Å². The summed E-state index contributed by atoms with van der Waals surface area (Å²) in [5.41, 5.74) is 6.13. The number of benzene rings is 1. The number of ketones is 1. The average molecular weight is 360 g/mol. The molecule has 0 aromatic heterocycles. The molecule has 0 heterocycles. The van der Waals surface area contributed by atoms with Gasteiger partial charge in [0.2, 0.25) is 0 Å². The van der Waals surface area contributed by atoms with Crippen molar-refractivity contribution in [3.05, 3.63) is 33.8 Å². The Bertz CT molecular complexity index is 528. The second kappa shape index (κ2) is 9.91. The van der Waals surface area contributed by atoms with Crippen molar-refractivity contribution in [2.24, 2.45) is 5.73 Å². The molecule has 0 spiro atoms. The van der Waals surface area contributed by atoms with E-state index in [4.69, 9.17) is 33.7 Å². The van der Waals surface area contributed by atoms with Gasteiger partial charge < -0.3 is 10.5 Å². The van der Waals surface area contributed by atoms with Crippen LogP contribution in [0.3, 0.4) is 0 Å². The minimum Gasteiger partial charge on any atom is -0.463 e. The Morgan fingerprint density at radius 2 is 1.83 bits per heavy atom. The monoisotopic (exact) mass is 359 g/mol. The molecular formula is C17H23Cl2NO3. The highest BCUT2D eigenvalue weighted by Gasteiger charge is 2.20. The number of nitrogens with two attached hydrogens (primary N) is 1. The van der Waals surface area contributed by atoms with Crippen molar-refractivity contribution in [2.75, 3.05) is 0 Å². The van der Waals surface area contributed by atoms with E-state index in [0.29, 0.717) is 0 Å². The summed E-state index contributed by atoms with van der Waals surface area (Å²) in [6, 6.07) is 4.23. The molecule has 1 aromatic carbocycles. The van der Waals surface area contributed by atoms with Crippen molar-refractivity contribution < 1.29 is 14.3 Å². The number of hydrogen-bond acceptors (Lipinski definition) is 4. The van der Waals surface area contributed by atoms with Crippen molar-refractivity contribution in [1.82, 2.24) is 0 Å². The van der Waals surface area contributed by atoms with Crippen molar-refractivity contribution >= 4 is 35.0 Å². The van der Waals surface area contributed by atoms with E-state index in [1.807, 2.05) is 6.92 Å². The third kappa shape index (κ3) is 6.90. The average Bonchev–Trinajstić information content (AvgIpc) is 2.44. The minimum atomic E-state index is -0.624. The number of halogens is 2. The molecule has 0 radical (unpaired) electrons. The lowest BCUT2D eigenvalue weighted by Crippen LogP contribution is -2.29. The molecule has 0 aliphatic heterocycles. The van der Waals surface area contributed by atoms with Gasteiger partial charge >= 0.3 is 5.97 Å². The van der Waals surface area contributed by atoms with Gasteiger partial charge in [-0.2, -0.15) is 0 Å². The molecule has 1 aromatic rings. The Labute approximate surface area is 147 Å². The van der Waals surface area contributed by atoms with Gasteiger partial charge in [-0.15, -0.1) is 0 Å². The predicted octanol–water partition coefficient (Wildman–Crippen LogP) is 4.41. The molecule has 0 fully saturated rings. The van der Waals surface area contributed by atoms with E-state index in [-0.39, 0.29) is 46.3 Å². The normalized spacial score (nSPS) is 13.4. The molecule has 2 N–H and O–H groups in total. The van der Waals surface area contributed by atoms with E-state index in [9.17, 15) is 9.59 Å². The topological polar surface area (TPSA) is 69.4 Å². The van der Waals surface area contributed by atoms with Crippen molar-refractivity contribution in [2.45, 2.75) is 58.1 Å². The standard InChI is InChI=1S/C17H23Cl2NO3/c1-3-4-6-11(2)23-16(22)10-12(20)9-15(21)17-13(18)7-5-8-14(17)19/h5,7-8,11-12H,3-4,6,9-10,20H2,1-2H3. The van der Waals surface area contributed by atoms with Crippen molar-refractivity contribution in [1.29, 1.82) is 0 Å². The van der Waals surface area contributed by atoms with Crippen LogP contribution in [0.15, 0.2) is 18.2 Å². The Morgan fingerprint density at radius 1 is 1.22 bits per heavy atom. The van der Waals surface area contributed by atoms with Gasteiger partial charge in [-0.1, -0.05) is 49.0 Å². The van der Waals surface area contributed by atoms with Crippen LogP contribution >= 0.6 is 23.2 Å². The fourth-order valence-corrected chi connectivity index (χ4v) is 2.82. The third-order valence-corrected chi connectivity index (χ3v) is 4.04. The molecule has 0 saturated carbocycles. The number of ether oxygens (including phenoxy) is 1. The van der Waals surface area contributed by atoms with Gasteiger partial charge in [0.25, 0.3) is 0 Å². The van der Waals surface area contributed by atoms with Crippen molar-refractivity contribution in [3.8, 4) is 0 Å². The van der Waals surface area contributed by atoms with Gasteiger partial charge in [0.05, 0.1) is 28.1 Å². The van der Waals surface area contributed by atoms with Gasteiger partial charge in [0.15, 0.2) is 5.78 Å². The maximum Gasteiger partial charge on any atom is 0.307 e. The first-order valence-electron chi connectivity index (χ1n) is 7.77. The Balaban J connectivity index is 2.51. The molecule has 0 bridgehead atoms. The SMILES string of the molecule is CCCCC(C)OC(=O)CC(N)CC(=O)c1c(Cl)cccc1Cl. The number of carbonyl (C=O) groups excluding carboxylic acids is 2. The van der Waals surface area contributed by atoms with Crippen LogP contribution in [0.25, 0.3) is 0 Å². The summed E-state index contributed by atoms with van der Waals surface area (Å²) < 4.78 is 5.28. The quantitative estimate of drug-likeness (QED) is 0.523. The Morgan fingerprint density at radius 3 is 2.39 bits per heavy atom. The van der Waals surface area contributed by atoms with Gasteiger partial charge in [0.1, 0.15) is 0 Å². The van der Waals surface area contributed by atoms with E-state index >= 15 is 0 Å². The number of esters is 1. The van der Waals surface area contributed by atoms with Gasteiger partial charge in [-0.3, -0.25) is 9.59 Å². The fraction of sp³-hybridized carbons (Fsp3) is 0.529. The highest BCUT2D eigenvalue weighted by atomic mass is 35.5. The second-order valence-corrected chi connectivity index (χ2v) is 6.45. The van der Waals surface area contributed by atoms with Crippen LogP contribution in [0.2, 0.25) is 10.0 Å². The second-order valence-electron chi connectivity index (χ2n) is 5.63. The summed E-state index contributed by atoms with van der Waals surface area (Å²) in [5, 5.41) is 0.566. The van der Waals surface area contributed by atoms with Crippen LogP contribution in [-0.2, 0) is 9.53 Å². The van der Waals surface area contributed by atoms with Gasteiger partial charge in [-0.25, -0.2) is 0 Å². The first-order valence-corrected chi connectivity index (χ1v) is 8.53. The lowest BCUT2D eigenvalue weighted by Gasteiger charge is -2.15. The summed E-state index contributed by atoms with van der Waals surface area (Å²) in [6.07, 6.45) is 2.72. The van der Waals surface area contributed by atoms with Gasteiger partial charge in [0, 0.05) is 12.5 Å². The zero-order chi connectivity index (χ0) is 17.4. The molecule has 128 valence electrons. The summed E-state index contributed by atoms with van der Waals surface area (Å²) >= 11 is 12.0. The smallest absolute Gasteiger partial charge is 0.307 e. The number of unbranched alkanes of at least 4 members (excludes halogenated alkanes) is 1. The van der Waals surface area contributed by atoms with E-state index in [0.717, 1.165) is 19.3 Å². The van der Waals surface area contributed by atoms with E-state index in [2.05, 4.69) is 6.92 Å². The van der Waals surface area contributed by atoms with E-state index in [1.54, 1.807) is 18.2 Å². The number of hydrogen-bond donors (Lipinski definition) is 1. The minimum absolute atomic E-state index is 0.00965. The van der Waals surface area contributed by atoms with Crippen LogP contribution in [0.5, 0.6) is 0 Å². The fourth-order valence-electron chi connectivity index (χ4n) is 2.21. The number of rotatable bonds is 9. The predicted molar refractivity (Wildman–Crippen MR) is 93.1 cm³/mol. The van der Waals surface area contributed by atoms with Gasteiger partial charge in [-0.05, 0) is 25.5 Å². The zero-order valence-corrected chi connectivity index (χ0v) is 15.0. The molecule has 1 rings (SSSR count). The van der Waals surface area contributed by atoms with Crippen LogP contribution in [-0.4, -0.2) is 23.9 Å². The molecule has 6 heteroatoms. The van der Waals surface area contributed by atoms with Crippen molar-refractivity contribution in [3.63, 3.8) is 0 Å². The number of carbonyl (C=O) groups is 2. The van der Waals surface area contributed by atoms with E-state index < -0.39 is 6.04 Å². The van der Waals surface area contributed by atoms with Crippen LogP contribution in [0.4, 0.5) is 0 Å². The first kappa shape index (κ1) is 19.9. The summed E-state index contributed by atoms with van der Waals surface area (Å²) in [5.74, 6) is -0.668. The largest absolute Gasteiger partial charge is 0.463 e. The summed E-state index contributed by atoms with van der Waals surface area (Å²) in [6.45, 7) is 3.93. The highest BCUT2D eigenvalue weighted by Crippen LogP contribution is 2.26.